The first-order valence-corrected chi connectivity index (χ1v) is 13.4. The lowest BCUT2D eigenvalue weighted by molar-refractivity contribution is -0.140. The first-order valence-electron chi connectivity index (χ1n) is 12.1. The second kappa shape index (κ2) is 14.9. The van der Waals surface area contributed by atoms with Crippen LogP contribution in [0.25, 0.3) is 0 Å². The van der Waals surface area contributed by atoms with Gasteiger partial charge in [-0.3, -0.25) is 19.2 Å². The van der Waals surface area contributed by atoms with Gasteiger partial charge in [-0.1, -0.05) is 37.2 Å². The number of thioether (sulfide) groups is 1. The number of hydrogen-bond donors (Lipinski definition) is 3. The number of hydrogen-bond acceptors (Lipinski definition) is 8. The average molecular weight is 620 g/mol. The van der Waals surface area contributed by atoms with Crippen LogP contribution in [0.3, 0.4) is 0 Å². The topological polar surface area (TPSA) is 144 Å². The summed E-state index contributed by atoms with van der Waals surface area (Å²) in [5.41, 5.74) is -0.570. The monoisotopic (exact) mass is 619 g/mol. The van der Waals surface area contributed by atoms with Gasteiger partial charge in [0.1, 0.15) is 22.6 Å². The lowest BCUT2D eigenvalue weighted by atomic mass is 10.0. The summed E-state index contributed by atoms with van der Waals surface area (Å²) in [6.45, 7) is 3.30. The van der Waals surface area contributed by atoms with Crippen molar-refractivity contribution in [3.8, 4) is 11.5 Å². The molecule has 0 bridgehead atoms. The quantitative estimate of drug-likeness (QED) is 0.269. The molecule has 0 saturated heterocycles. The Balaban J connectivity index is 2.12. The summed E-state index contributed by atoms with van der Waals surface area (Å²) >= 11 is 6.57. The predicted molar refractivity (Wildman–Crippen MR) is 144 cm³/mol. The van der Waals surface area contributed by atoms with Gasteiger partial charge in [0.05, 0.1) is 49.4 Å². The minimum atomic E-state index is -4.66. The van der Waals surface area contributed by atoms with Gasteiger partial charge in [0.15, 0.2) is 5.78 Å². The number of amides is 2. The van der Waals surface area contributed by atoms with E-state index in [1.54, 1.807) is 32.0 Å². The van der Waals surface area contributed by atoms with Crippen molar-refractivity contribution in [1.29, 1.82) is 0 Å². The van der Waals surface area contributed by atoms with Crippen LogP contribution in [-0.4, -0.2) is 65.7 Å². The second-order valence-electron chi connectivity index (χ2n) is 9.07. The maximum atomic E-state index is 13.1. The van der Waals surface area contributed by atoms with Crippen molar-refractivity contribution in [1.82, 2.24) is 15.6 Å². The molecular weight excluding hydrogens is 591 g/mol. The lowest BCUT2D eigenvalue weighted by Gasteiger charge is -2.25. The Labute approximate surface area is 243 Å². The van der Waals surface area contributed by atoms with Crippen LogP contribution in [-0.2, 0) is 31.8 Å². The van der Waals surface area contributed by atoms with E-state index in [1.165, 1.54) is 14.2 Å². The van der Waals surface area contributed by atoms with Gasteiger partial charge in [-0.25, -0.2) is 4.98 Å². The van der Waals surface area contributed by atoms with E-state index in [1.807, 2.05) is 0 Å². The van der Waals surface area contributed by atoms with E-state index >= 15 is 0 Å². The number of carboxylic acids is 1. The maximum Gasteiger partial charge on any atom is 0.417 e. The fraction of sp³-hybridized carbons (Fsp3) is 0.423. The Morgan fingerprint density at radius 3 is 2.32 bits per heavy atom. The smallest absolute Gasteiger partial charge is 0.417 e. The van der Waals surface area contributed by atoms with Crippen LogP contribution < -0.4 is 20.1 Å². The Bertz CT molecular complexity index is 1280. The molecule has 2 amide bonds. The molecule has 0 radical (unpaired) electrons. The Kier molecular flexibility index (Phi) is 12.3. The van der Waals surface area contributed by atoms with E-state index in [0.717, 1.165) is 0 Å². The van der Waals surface area contributed by atoms with Gasteiger partial charge in [0.2, 0.25) is 11.8 Å². The number of aliphatic carboxylic acids is 1. The van der Waals surface area contributed by atoms with Crippen molar-refractivity contribution in [3.63, 3.8) is 0 Å². The molecule has 2 aromatic rings. The molecule has 41 heavy (non-hydrogen) atoms. The van der Waals surface area contributed by atoms with Crippen LogP contribution in [0.15, 0.2) is 35.5 Å². The second-order valence-corrected chi connectivity index (χ2v) is 10.4. The number of pyridine rings is 1. The third-order valence-electron chi connectivity index (χ3n) is 5.67. The number of carbonyl (C=O) groups excluding carboxylic acids is 3. The zero-order chi connectivity index (χ0) is 30.9. The van der Waals surface area contributed by atoms with Crippen LogP contribution in [0.1, 0.15) is 31.4 Å². The lowest BCUT2D eigenvalue weighted by Crippen LogP contribution is -2.54. The number of halogens is 4. The van der Waals surface area contributed by atoms with E-state index in [9.17, 15) is 37.5 Å². The van der Waals surface area contributed by atoms with Crippen LogP contribution in [0.5, 0.6) is 11.5 Å². The van der Waals surface area contributed by atoms with E-state index < -0.39 is 65.5 Å². The summed E-state index contributed by atoms with van der Waals surface area (Å²) in [6.07, 6.45) is -5.02. The number of nitrogens with zero attached hydrogens (tertiary/aromatic N) is 1. The highest BCUT2D eigenvalue weighted by Gasteiger charge is 2.33. The molecule has 0 aliphatic heterocycles. The number of ketones is 1. The molecule has 0 aliphatic rings. The fourth-order valence-electron chi connectivity index (χ4n) is 3.56. The molecule has 2 rings (SSSR count). The number of rotatable bonds is 14. The number of alkyl halides is 3. The third-order valence-corrected chi connectivity index (χ3v) is 7.10. The van der Waals surface area contributed by atoms with E-state index in [4.69, 9.17) is 21.1 Å². The molecule has 10 nitrogen and oxygen atoms in total. The highest BCUT2D eigenvalue weighted by molar-refractivity contribution is 8.00. The summed E-state index contributed by atoms with van der Waals surface area (Å²) < 4.78 is 49.0. The van der Waals surface area contributed by atoms with Crippen LogP contribution >= 0.6 is 23.4 Å². The van der Waals surface area contributed by atoms with Gasteiger partial charge >= 0.3 is 12.1 Å². The molecule has 3 N–H and O–H groups in total. The number of carboxylic acid groups (broad SMARTS) is 1. The SMILES string of the molecule is COc1ccc(OC)c(CC(=O)N[C@H](C(=O)N[C@@H](CC(=O)O)C(=O)CSc2ncc(C(F)(F)F)cc2Cl)C(C)C)c1. The van der Waals surface area contributed by atoms with Crippen molar-refractivity contribution in [2.24, 2.45) is 5.92 Å². The van der Waals surface area contributed by atoms with Crippen molar-refractivity contribution < 1.29 is 46.9 Å². The van der Waals surface area contributed by atoms with Gasteiger partial charge in [0.25, 0.3) is 0 Å². The van der Waals surface area contributed by atoms with Crippen molar-refractivity contribution in [3.05, 3.63) is 46.6 Å². The highest BCUT2D eigenvalue weighted by Crippen LogP contribution is 2.33. The molecular formula is C26H29ClF3N3O7S. The van der Waals surface area contributed by atoms with Gasteiger partial charge in [-0.15, -0.1) is 0 Å². The molecule has 0 unspecified atom stereocenters. The average Bonchev–Trinajstić information content (AvgIpc) is 2.89. The van der Waals surface area contributed by atoms with E-state index in [0.29, 0.717) is 41.1 Å². The normalized spacial score (nSPS) is 12.8. The Morgan fingerprint density at radius 1 is 1.10 bits per heavy atom. The van der Waals surface area contributed by atoms with Crippen molar-refractivity contribution >= 4 is 46.9 Å². The molecule has 0 spiro atoms. The van der Waals surface area contributed by atoms with Gasteiger partial charge in [-0.05, 0) is 30.2 Å². The first-order chi connectivity index (χ1) is 19.2. The van der Waals surface area contributed by atoms with Crippen LogP contribution in [0.4, 0.5) is 13.2 Å². The zero-order valence-electron chi connectivity index (χ0n) is 22.5. The first kappa shape index (κ1) is 33.7. The number of carbonyl (C=O) groups is 4. The Hall–Kier alpha value is -3.52. The summed E-state index contributed by atoms with van der Waals surface area (Å²) in [5, 5.41) is 13.9. The third kappa shape index (κ3) is 10.1. The molecule has 0 fully saturated rings. The molecule has 1 heterocycles. The molecule has 15 heteroatoms. The Morgan fingerprint density at radius 2 is 1.78 bits per heavy atom. The standard InChI is InChI=1S/C26H29ClF3N3O7S/c1-13(2)23(33-21(35)8-14-7-16(39-3)5-6-20(14)40-4)24(38)32-18(10-22(36)37)19(34)12-41-25-17(27)9-15(11-31-25)26(28,29)30/h5-7,9,11,13,18,23H,8,10,12H2,1-4H3,(H,32,38)(H,33,35)(H,36,37)/t18-,23-/m0/s1. The molecule has 0 aliphatic carbocycles. The summed E-state index contributed by atoms with van der Waals surface area (Å²) in [7, 11) is 2.90. The number of methoxy groups -OCH3 is 2. The minimum Gasteiger partial charge on any atom is -0.497 e. The van der Waals surface area contributed by atoms with Crippen LogP contribution in [0.2, 0.25) is 5.02 Å². The summed E-state index contributed by atoms with van der Waals surface area (Å²) in [4.78, 5) is 53.8. The van der Waals surface area contributed by atoms with E-state index in [-0.39, 0.29) is 16.5 Å². The van der Waals surface area contributed by atoms with Crippen LogP contribution in [0, 0.1) is 5.92 Å². The number of benzene rings is 1. The molecule has 1 aromatic heterocycles. The highest BCUT2D eigenvalue weighted by atomic mass is 35.5. The number of ether oxygens (including phenoxy) is 2. The molecule has 2 atom stereocenters. The van der Waals surface area contributed by atoms with E-state index in [2.05, 4.69) is 15.6 Å². The van der Waals surface area contributed by atoms with Crippen molar-refractivity contribution in [2.45, 2.75) is 50.0 Å². The predicted octanol–water partition coefficient (Wildman–Crippen LogP) is 3.78. The summed E-state index contributed by atoms with van der Waals surface area (Å²) in [6, 6.07) is 2.94. The summed E-state index contributed by atoms with van der Waals surface area (Å²) in [5.74, 6) is -3.41. The van der Waals surface area contributed by atoms with Gasteiger partial charge in [-0.2, -0.15) is 13.2 Å². The molecule has 224 valence electrons. The maximum absolute atomic E-state index is 13.1. The molecule has 1 aromatic carbocycles. The number of aromatic nitrogens is 1. The van der Waals surface area contributed by atoms with Gasteiger partial charge in [0, 0.05) is 11.8 Å². The largest absolute Gasteiger partial charge is 0.497 e. The van der Waals surface area contributed by atoms with Gasteiger partial charge < -0.3 is 25.2 Å². The number of Topliss-reactive ketones (excluding diaryl/α,β-unsaturated/α-hetero) is 1. The van der Waals surface area contributed by atoms with Crippen molar-refractivity contribution in [2.75, 3.05) is 20.0 Å². The minimum absolute atomic E-state index is 0.0753. The fourth-order valence-corrected chi connectivity index (χ4v) is 4.69. The molecule has 0 saturated carbocycles. The number of nitrogens with one attached hydrogen (secondary N) is 2. The zero-order valence-corrected chi connectivity index (χ0v) is 24.1.